The van der Waals surface area contributed by atoms with Crippen LogP contribution in [0.25, 0.3) is 11.4 Å². The highest BCUT2D eigenvalue weighted by molar-refractivity contribution is 5.55. The van der Waals surface area contributed by atoms with Gasteiger partial charge in [0.25, 0.3) is 5.89 Å². The number of pyridine rings is 1. The summed E-state index contributed by atoms with van der Waals surface area (Å²) in [5.41, 5.74) is -0.849. The van der Waals surface area contributed by atoms with Gasteiger partial charge in [0, 0.05) is 30.8 Å². The van der Waals surface area contributed by atoms with Crippen LogP contribution in [0.3, 0.4) is 0 Å². The highest BCUT2D eigenvalue weighted by Crippen LogP contribution is 2.32. The molecular weight excluding hydrogens is 287 g/mol. The minimum Gasteiger partial charge on any atom is -0.474 e. The van der Waals surface area contributed by atoms with Gasteiger partial charge in [-0.2, -0.15) is 4.98 Å². The molecule has 1 N–H and O–H groups in total. The largest absolute Gasteiger partial charge is 0.474 e. The summed E-state index contributed by atoms with van der Waals surface area (Å²) in [6, 6.07) is 3.53. The summed E-state index contributed by atoms with van der Waals surface area (Å²) in [5.74, 6) is 0.941. The van der Waals surface area contributed by atoms with Crippen LogP contribution < -0.4 is 10.1 Å². The van der Waals surface area contributed by atoms with Gasteiger partial charge in [0.2, 0.25) is 17.4 Å². The van der Waals surface area contributed by atoms with E-state index in [2.05, 4.69) is 20.4 Å². The molecule has 4 rings (SSSR count). The van der Waals surface area contributed by atoms with Crippen molar-refractivity contribution in [2.45, 2.75) is 37.5 Å². The van der Waals surface area contributed by atoms with Crippen LogP contribution in [0.2, 0.25) is 0 Å². The molecule has 1 atom stereocenters. The fourth-order valence-corrected chi connectivity index (χ4v) is 2.64. The lowest BCUT2D eigenvalue weighted by atomic mass is 9.96. The van der Waals surface area contributed by atoms with E-state index in [1.807, 2.05) is 0 Å². The summed E-state index contributed by atoms with van der Waals surface area (Å²) < 4.78 is 25.5. The topological polar surface area (TPSA) is 73.1 Å². The standard InChI is InChI=1S/C15H17FN4O2/c16-15(5-7-17-9-15)14-19-13(20-22-14)10-4-6-18-12(8-10)21-11-2-1-3-11/h4,6,8,11,17H,1-3,5,7,9H2. The average Bonchev–Trinajstić information content (AvgIpc) is 3.13. The van der Waals surface area contributed by atoms with Crippen LogP contribution in [-0.2, 0) is 5.67 Å². The Bertz CT molecular complexity index is 665. The molecule has 2 aromatic rings. The van der Waals surface area contributed by atoms with Crippen LogP contribution >= 0.6 is 0 Å². The lowest BCUT2D eigenvalue weighted by Gasteiger charge is -2.25. The molecule has 0 amide bonds. The number of nitrogens with zero attached hydrogens (tertiary/aromatic N) is 3. The Labute approximate surface area is 127 Å². The lowest BCUT2D eigenvalue weighted by molar-refractivity contribution is 0.114. The quantitative estimate of drug-likeness (QED) is 0.933. The summed E-state index contributed by atoms with van der Waals surface area (Å²) in [6.45, 7) is 0.823. The Morgan fingerprint density at radius 2 is 2.32 bits per heavy atom. The number of rotatable bonds is 4. The van der Waals surface area contributed by atoms with Gasteiger partial charge in [-0.15, -0.1) is 0 Å². The fourth-order valence-electron chi connectivity index (χ4n) is 2.64. The molecule has 1 aliphatic carbocycles. The van der Waals surface area contributed by atoms with Gasteiger partial charge in [-0.25, -0.2) is 9.37 Å². The van der Waals surface area contributed by atoms with Crippen LogP contribution in [0.5, 0.6) is 5.88 Å². The minimum absolute atomic E-state index is 0.0331. The molecule has 2 aromatic heterocycles. The zero-order valence-electron chi connectivity index (χ0n) is 12.1. The molecule has 2 fully saturated rings. The molecule has 22 heavy (non-hydrogen) atoms. The maximum Gasteiger partial charge on any atom is 0.266 e. The van der Waals surface area contributed by atoms with Gasteiger partial charge in [0.15, 0.2) is 0 Å². The van der Waals surface area contributed by atoms with Crippen molar-refractivity contribution in [2.75, 3.05) is 13.1 Å². The van der Waals surface area contributed by atoms with Crippen LogP contribution in [0, 0.1) is 0 Å². The molecule has 0 radical (unpaired) electrons. The first-order valence-electron chi connectivity index (χ1n) is 7.60. The SMILES string of the molecule is FC1(c2nc(-c3ccnc(OC4CCC4)c3)no2)CCNC1. The van der Waals surface area contributed by atoms with E-state index in [9.17, 15) is 4.39 Å². The van der Waals surface area contributed by atoms with Crippen molar-refractivity contribution in [3.05, 3.63) is 24.2 Å². The molecule has 1 saturated heterocycles. The molecule has 0 aromatic carbocycles. The third kappa shape index (κ3) is 2.45. The molecule has 3 heterocycles. The number of aromatic nitrogens is 3. The highest BCUT2D eigenvalue weighted by Gasteiger charge is 2.41. The Morgan fingerprint density at radius 3 is 3.05 bits per heavy atom. The fraction of sp³-hybridized carbons (Fsp3) is 0.533. The Kier molecular flexibility index (Phi) is 3.29. The molecule has 6 nitrogen and oxygen atoms in total. The summed E-state index contributed by atoms with van der Waals surface area (Å²) in [5, 5.41) is 6.86. The Hall–Kier alpha value is -2.02. The van der Waals surface area contributed by atoms with E-state index in [-0.39, 0.29) is 18.5 Å². The molecule has 1 aliphatic heterocycles. The van der Waals surface area contributed by atoms with Gasteiger partial charge in [0.05, 0.1) is 0 Å². The number of hydrogen-bond donors (Lipinski definition) is 1. The van der Waals surface area contributed by atoms with E-state index in [1.54, 1.807) is 18.3 Å². The molecule has 0 spiro atoms. The molecule has 1 unspecified atom stereocenters. The van der Waals surface area contributed by atoms with Crippen molar-refractivity contribution in [1.29, 1.82) is 0 Å². The normalized spacial score (nSPS) is 25.1. The third-order valence-electron chi connectivity index (χ3n) is 4.25. The van der Waals surface area contributed by atoms with Gasteiger partial charge in [-0.1, -0.05) is 5.16 Å². The molecular formula is C15H17FN4O2. The number of halogens is 1. The van der Waals surface area contributed by atoms with Crippen molar-refractivity contribution in [3.8, 4) is 17.3 Å². The van der Waals surface area contributed by atoms with Crippen LogP contribution in [0.4, 0.5) is 4.39 Å². The summed E-state index contributed by atoms with van der Waals surface area (Å²) in [6.07, 6.45) is 5.57. The maximum atomic E-state index is 14.6. The zero-order chi connectivity index (χ0) is 15.0. The van der Waals surface area contributed by atoms with E-state index in [0.29, 0.717) is 30.2 Å². The van der Waals surface area contributed by atoms with Crippen molar-refractivity contribution in [1.82, 2.24) is 20.4 Å². The van der Waals surface area contributed by atoms with E-state index < -0.39 is 5.67 Å². The van der Waals surface area contributed by atoms with Crippen molar-refractivity contribution < 1.29 is 13.7 Å². The third-order valence-corrected chi connectivity index (χ3v) is 4.25. The zero-order valence-corrected chi connectivity index (χ0v) is 12.1. The van der Waals surface area contributed by atoms with Gasteiger partial charge >= 0.3 is 0 Å². The second kappa shape index (κ2) is 5.31. The summed E-state index contributed by atoms with van der Waals surface area (Å²) in [7, 11) is 0. The van der Waals surface area contributed by atoms with Crippen molar-refractivity contribution in [3.63, 3.8) is 0 Å². The maximum absolute atomic E-state index is 14.6. The van der Waals surface area contributed by atoms with E-state index in [0.717, 1.165) is 12.8 Å². The second-order valence-electron chi connectivity index (χ2n) is 5.87. The van der Waals surface area contributed by atoms with Crippen molar-refractivity contribution in [2.24, 2.45) is 0 Å². The summed E-state index contributed by atoms with van der Waals surface area (Å²) >= 11 is 0. The second-order valence-corrected chi connectivity index (χ2v) is 5.87. The molecule has 7 heteroatoms. The van der Waals surface area contributed by atoms with Crippen LogP contribution in [0.15, 0.2) is 22.9 Å². The number of nitrogens with one attached hydrogen (secondary N) is 1. The Balaban J connectivity index is 1.56. The minimum atomic E-state index is -1.57. The average molecular weight is 304 g/mol. The number of alkyl halides is 1. The lowest BCUT2D eigenvalue weighted by Crippen LogP contribution is -2.24. The van der Waals surface area contributed by atoms with Crippen LogP contribution in [-0.4, -0.2) is 34.3 Å². The predicted octanol–water partition coefficient (Wildman–Crippen LogP) is 2.22. The van der Waals surface area contributed by atoms with Crippen molar-refractivity contribution >= 4 is 0 Å². The Morgan fingerprint density at radius 1 is 1.41 bits per heavy atom. The van der Waals surface area contributed by atoms with E-state index in [4.69, 9.17) is 9.26 Å². The van der Waals surface area contributed by atoms with Gasteiger partial charge in [-0.3, -0.25) is 0 Å². The van der Waals surface area contributed by atoms with Gasteiger partial charge in [0.1, 0.15) is 6.10 Å². The van der Waals surface area contributed by atoms with Gasteiger partial charge < -0.3 is 14.6 Å². The molecule has 0 bridgehead atoms. The monoisotopic (exact) mass is 304 g/mol. The smallest absolute Gasteiger partial charge is 0.266 e. The predicted molar refractivity (Wildman–Crippen MR) is 76.1 cm³/mol. The van der Waals surface area contributed by atoms with Gasteiger partial charge in [-0.05, 0) is 31.9 Å². The first-order valence-corrected chi connectivity index (χ1v) is 7.60. The number of hydrogen-bond acceptors (Lipinski definition) is 6. The molecule has 116 valence electrons. The van der Waals surface area contributed by atoms with E-state index >= 15 is 0 Å². The summed E-state index contributed by atoms with van der Waals surface area (Å²) in [4.78, 5) is 8.40. The first-order chi connectivity index (χ1) is 10.7. The van der Waals surface area contributed by atoms with E-state index in [1.165, 1.54) is 6.42 Å². The molecule has 1 saturated carbocycles. The highest BCUT2D eigenvalue weighted by atomic mass is 19.1. The molecule has 2 aliphatic rings. The first kappa shape index (κ1) is 13.6. The number of ether oxygens (including phenoxy) is 1. The van der Waals surface area contributed by atoms with Crippen LogP contribution in [0.1, 0.15) is 31.6 Å².